The molecule has 1 aliphatic rings. The first-order valence-corrected chi connectivity index (χ1v) is 13.7. The minimum Gasteiger partial charge on any atom is -0.464 e. The number of hydrogen-bond acceptors (Lipinski definition) is 6. The second-order valence-corrected chi connectivity index (χ2v) is 10.5. The Morgan fingerprint density at radius 3 is 2.22 bits per heavy atom. The molecule has 0 saturated carbocycles. The van der Waals surface area contributed by atoms with Crippen LogP contribution in [0.2, 0.25) is 0 Å². The summed E-state index contributed by atoms with van der Waals surface area (Å²) in [5, 5.41) is 12.5. The van der Waals surface area contributed by atoms with Crippen LogP contribution in [-0.4, -0.2) is 72.5 Å². The average molecular weight is 652 g/mol. The van der Waals surface area contributed by atoms with Gasteiger partial charge in [0, 0.05) is 33.4 Å². The highest BCUT2D eigenvalue weighted by Crippen LogP contribution is 2.40. The van der Waals surface area contributed by atoms with E-state index in [0.29, 0.717) is 23.3 Å². The number of alkyl halides is 6. The van der Waals surface area contributed by atoms with Gasteiger partial charge in [-0.1, -0.05) is 6.07 Å². The summed E-state index contributed by atoms with van der Waals surface area (Å²) in [6, 6.07) is 1.31. The molecule has 1 saturated heterocycles. The molecular weight excluding hydrogens is 619 g/mol. The van der Waals surface area contributed by atoms with Gasteiger partial charge < -0.3 is 29.7 Å². The van der Waals surface area contributed by atoms with Crippen molar-refractivity contribution in [2.75, 3.05) is 33.4 Å². The molecule has 1 heterocycles. The van der Waals surface area contributed by atoms with Gasteiger partial charge in [0.25, 0.3) is 0 Å². The molecule has 2 N–H and O–H groups in total. The Labute approximate surface area is 253 Å². The minimum atomic E-state index is -5.14. The van der Waals surface area contributed by atoms with Crippen LogP contribution in [0.4, 0.5) is 40.3 Å². The molecule has 2 aromatic rings. The molecular formula is C29H32F7N3O6. The molecule has 0 aliphatic carbocycles. The lowest BCUT2D eigenvalue weighted by molar-refractivity contribution is -0.143. The molecule has 0 radical (unpaired) electrons. The zero-order valence-corrected chi connectivity index (χ0v) is 24.5. The summed E-state index contributed by atoms with van der Waals surface area (Å²) >= 11 is 0. The van der Waals surface area contributed by atoms with Gasteiger partial charge in [-0.2, -0.15) is 26.3 Å². The number of aliphatic hydroxyl groups excluding tert-OH is 1. The summed E-state index contributed by atoms with van der Waals surface area (Å²) in [6.07, 6.45) is -11.8. The summed E-state index contributed by atoms with van der Waals surface area (Å²) < 4.78 is 105. The maximum absolute atomic E-state index is 13.9. The number of urea groups is 1. The van der Waals surface area contributed by atoms with Crippen LogP contribution in [0.25, 0.3) is 0 Å². The van der Waals surface area contributed by atoms with E-state index >= 15 is 0 Å². The Balaban J connectivity index is 1.90. The molecule has 0 aromatic heterocycles. The lowest BCUT2D eigenvalue weighted by Gasteiger charge is -2.42. The maximum atomic E-state index is 13.9. The van der Waals surface area contributed by atoms with Gasteiger partial charge in [0.15, 0.2) is 0 Å². The molecule has 3 rings (SSSR count). The van der Waals surface area contributed by atoms with Crippen LogP contribution in [0.1, 0.15) is 59.7 Å². The number of hydrogen-bond donors (Lipinski definition) is 2. The first-order chi connectivity index (χ1) is 20.9. The van der Waals surface area contributed by atoms with Gasteiger partial charge in [0.2, 0.25) is 0 Å². The van der Waals surface area contributed by atoms with Gasteiger partial charge in [0.1, 0.15) is 18.5 Å². The number of aryl methyl sites for hydroxylation is 1. The van der Waals surface area contributed by atoms with Crippen LogP contribution in [0.3, 0.4) is 0 Å². The fourth-order valence-electron chi connectivity index (χ4n) is 5.08. The first kappa shape index (κ1) is 35.4. The monoisotopic (exact) mass is 651 g/mol. The van der Waals surface area contributed by atoms with Gasteiger partial charge in [-0.25, -0.2) is 14.0 Å². The van der Waals surface area contributed by atoms with Crippen molar-refractivity contribution in [3.8, 4) is 0 Å². The van der Waals surface area contributed by atoms with Crippen molar-refractivity contribution >= 4 is 18.1 Å². The standard InChI is InChI=1S/C29H32F7N3O6/c1-16-10-21(30)4-5-23(16)24-14-22(45-26(42)37-7-9-44-17(2)41)6-8-39(24)27(43)38(3)25(15-40)18-11-19(28(31,32)33)13-20(12-18)29(34,35)36/h4-5,10-13,22,24-25,40H,6-9,14-15H2,1-3H3,(H,37,42)/t22-,24+,25+/m0/s1. The predicted octanol–water partition coefficient (Wildman–Crippen LogP) is 5.75. The topological polar surface area (TPSA) is 108 Å². The number of halogens is 7. The summed E-state index contributed by atoms with van der Waals surface area (Å²) in [4.78, 5) is 39.1. The quantitative estimate of drug-likeness (QED) is 0.214. The Bertz CT molecular complexity index is 1350. The molecule has 1 fully saturated rings. The molecule has 16 heteroatoms. The van der Waals surface area contributed by atoms with Crippen molar-refractivity contribution < 1.29 is 59.7 Å². The number of nitrogens with one attached hydrogen (secondary N) is 1. The van der Waals surface area contributed by atoms with E-state index in [1.807, 2.05) is 0 Å². The molecule has 248 valence electrons. The molecule has 0 unspecified atom stereocenters. The third-order valence-corrected chi connectivity index (χ3v) is 7.28. The fourth-order valence-corrected chi connectivity index (χ4v) is 5.08. The number of ether oxygens (including phenoxy) is 2. The number of likely N-dealkylation sites (tertiary alicyclic amines) is 1. The Kier molecular flexibility index (Phi) is 11.3. The molecule has 0 spiro atoms. The smallest absolute Gasteiger partial charge is 0.416 e. The van der Waals surface area contributed by atoms with E-state index in [4.69, 9.17) is 9.47 Å². The lowest BCUT2D eigenvalue weighted by Crippen LogP contribution is -2.50. The van der Waals surface area contributed by atoms with E-state index in [1.54, 1.807) is 6.92 Å². The third-order valence-electron chi connectivity index (χ3n) is 7.28. The van der Waals surface area contributed by atoms with E-state index in [2.05, 4.69) is 5.32 Å². The summed E-state index contributed by atoms with van der Waals surface area (Å²) in [5.74, 6) is -1.10. The number of aliphatic hydroxyl groups is 1. The van der Waals surface area contributed by atoms with Crippen LogP contribution in [0, 0.1) is 12.7 Å². The molecule has 45 heavy (non-hydrogen) atoms. The van der Waals surface area contributed by atoms with Crippen molar-refractivity contribution in [3.63, 3.8) is 0 Å². The van der Waals surface area contributed by atoms with Crippen molar-refractivity contribution in [1.29, 1.82) is 0 Å². The first-order valence-electron chi connectivity index (χ1n) is 13.7. The van der Waals surface area contributed by atoms with Crippen molar-refractivity contribution in [1.82, 2.24) is 15.1 Å². The molecule has 0 bridgehead atoms. The normalized spacial score (nSPS) is 17.8. The summed E-state index contributed by atoms with van der Waals surface area (Å²) in [6.45, 7) is 1.57. The fraction of sp³-hybridized carbons (Fsp3) is 0.483. The molecule has 3 atom stereocenters. The lowest BCUT2D eigenvalue weighted by atomic mass is 9.90. The number of benzene rings is 2. The van der Waals surface area contributed by atoms with E-state index in [-0.39, 0.29) is 38.6 Å². The zero-order valence-electron chi connectivity index (χ0n) is 24.5. The Morgan fingerprint density at radius 2 is 1.69 bits per heavy atom. The van der Waals surface area contributed by atoms with E-state index in [9.17, 15) is 50.2 Å². The van der Waals surface area contributed by atoms with Gasteiger partial charge in [-0.05, 0) is 53.9 Å². The van der Waals surface area contributed by atoms with E-state index < -0.39 is 77.7 Å². The number of piperidine rings is 1. The van der Waals surface area contributed by atoms with Crippen molar-refractivity contribution in [3.05, 3.63) is 70.0 Å². The summed E-state index contributed by atoms with van der Waals surface area (Å²) in [7, 11) is 1.13. The molecule has 1 aliphatic heterocycles. The molecule has 3 amide bonds. The molecule has 2 aromatic carbocycles. The van der Waals surface area contributed by atoms with Crippen LogP contribution >= 0.6 is 0 Å². The Hall–Kier alpha value is -4.08. The maximum Gasteiger partial charge on any atom is 0.416 e. The number of amides is 3. The second-order valence-electron chi connectivity index (χ2n) is 10.5. The number of esters is 1. The number of likely N-dealkylation sites (N-methyl/N-ethyl adjacent to an activating group) is 1. The van der Waals surface area contributed by atoms with Crippen LogP contribution in [-0.2, 0) is 26.6 Å². The van der Waals surface area contributed by atoms with Gasteiger partial charge >= 0.3 is 30.4 Å². The highest BCUT2D eigenvalue weighted by Gasteiger charge is 2.40. The zero-order chi connectivity index (χ0) is 33.7. The number of rotatable bonds is 8. The van der Waals surface area contributed by atoms with Gasteiger partial charge in [-0.3, -0.25) is 4.79 Å². The predicted molar refractivity (Wildman–Crippen MR) is 144 cm³/mol. The molecule has 9 nitrogen and oxygen atoms in total. The average Bonchev–Trinajstić information content (AvgIpc) is 2.94. The van der Waals surface area contributed by atoms with E-state index in [1.165, 1.54) is 24.0 Å². The van der Waals surface area contributed by atoms with Crippen LogP contribution < -0.4 is 5.32 Å². The second kappa shape index (κ2) is 14.3. The highest BCUT2D eigenvalue weighted by atomic mass is 19.4. The third kappa shape index (κ3) is 9.22. The summed E-state index contributed by atoms with van der Waals surface area (Å²) in [5.41, 5.74) is -2.90. The largest absolute Gasteiger partial charge is 0.464 e. The van der Waals surface area contributed by atoms with Crippen molar-refractivity contribution in [2.45, 2.75) is 57.2 Å². The van der Waals surface area contributed by atoms with Crippen LogP contribution in [0.5, 0.6) is 0 Å². The van der Waals surface area contributed by atoms with Gasteiger partial charge in [-0.15, -0.1) is 0 Å². The number of carbonyl (C=O) groups is 3. The van der Waals surface area contributed by atoms with Crippen LogP contribution in [0.15, 0.2) is 36.4 Å². The minimum absolute atomic E-state index is 0.00892. The number of carbonyl (C=O) groups excluding carboxylic acids is 3. The van der Waals surface area contributed by atoms with Gasteiger partial charge in [0.05, 0.1) is 36.4 Å². The number of nitrogens with zero attached hydrogens (tertiary/aromatic N) is 2. The van der Waals surface area contributed by atoms with Crippen molar-refractivity contribution in [2.24, 2.45) is 0 Å². The Morgan fingerprint density at radius 1 is 1.07 bits per heavy atom. The van der Waals surface area contributed by atoms with E-state index in [0.717, 1.165) is 18.0 Å². The SMILES string of the molecule is CC(=O)OCCNC(=O)O[C@H]1CCN(C(=O)N(C)[C@H](CO)c2cc(C(F)(F)F)cc(C(F)(F)F)c2)[C@@H](c2ccc(F)cc2C)C1. The number of alkyl carbamates (subject to hydrolysis) is 1. The highest BCUT2D eigenvalue weighted by molar-refractivity contribution is 5.76.